The molecule has 9 heteroatoms. The van der Waals surface area contributed by atoms with Crippen LogP contribution in [-0.2, 0) is 14.3 Å². The highest BCUT2D eigenvalue weighted by atomic mass is 16.7. The molecule has 0 aromatic carbocycles. The van der Waals surface area contributed by atoms with E-state index in [0.717, 1.165) is 51.4 Å². The van der Waals surface area contributed by atoms with E-state index in [0.29, 0.717) is 18.3 Å². The van der Waals surface area contributed by atoms with Crippen molar-refractivity contribution in [3.8, 4) is 0 Å². The summed E-state index contributed by atoms with van der Waals surface area (Å²) in [6, 6.07) is 0. The Bertz CT molecular complexity index is 1220. The number of allylic oxidation sites excluding steroid dienone is 2. The summed E-state index contributed by atoms with van der Waals surface area (Å²) >= 11 is 0. The number of carbonyl (C=O) groups excluding carboxylic acids is 1. The fraction of sp³-hybridized carbons (Fsp3) is 0.917. The molecule has 1 saturated heterocycles. The van der Waals surface area contributed by atoms with Crippen LogP contribution < -0.4 is 5.11 Å². The van der Waals surface area contributed by atoms with Crippen LogP contribution in [0.1, 0.15) is 106 Å². The third-order valence-corrected chi connectivity index (χ3v) is 15.3. The van der Waals surface area contributed by atoms with E-state index in [1.165, 1.54) is 0 Å². The first-order chi connectivity index (χ1) is 20.8. The molecule has 1 aliphatic heterocycles. The molecule has 6 rings (SSSR count). The highest BCUT2D eigenvalue weighted by molar-refractivity contribution is 5.71. The van der Waals surface area contributed by atoms with Gasteiger partial charge >= 0.3 is 0 Å². The van der Waals surface area contributed by atoms with Gasteiger partial charge in [0, 0.05) is 10.8 Å². The van der Waals surface area contributed by atoms with E-state index in [2.05, 4.69) is 47.6 Å². The number of carboxylic acid groups (broad SMARTS) is 1. The van der Waals surface area contributed by atoms with Crippen molar-refractivity contribution < 1.29 is 44.9 Å². The summed E-state index contributed by atoms with van der Waals surface area (Å²) in [6.45, 7) is 16.2. The normalized spacial score (nSPS) is 55.8. The monoisotopic (exact) mass is 633 g/mol. The molecule has 0 radical (unpaired) electrons. The molecule has 256 valence electrons. The molecule has 15 atom stereocenters. The van der Waals surface area contributed by atoms with Gasteiger partial charge in [0.05, 0.1) is 24.8 Å². The minimum atomic E-state index is -1.84. The summed E-state index contributed by atoms with van der Waals surface area (Å²) in [5.74, 6) is -0.845. The lowest BCUT2D eigenvalue weighted by Gasteiger charge is -2.72. The summed E-state index contributed by atoms with van der Waals surface area (Å²) in [5, 5.41) is 65.2. The van der Waals surface area contributed by atoms with E-state index in [4.69, 9.17) is 9.47 Å². The van der Waals surface area contributed by atoms with Crippen molar-refractivity contribution in [1.29, 1.82) is 0 Å². The maximum atomic E-state index is 11.6. The molecule has 0 spiro atoms. The Morgan fingerprint density at radius 3 is 2.22 bits per heavy atom. The van der Waals surface area contributed by atoms with Gasteiger partial charge in [-0.25, -0.2) is 0 Å². The maximum absolute atomic E-state index is 11.6. The molecule has 4 saturated carbocycles. The van der Waals surface area contributed by atoms with Gasteiger partial charge in [0.2, 0.25) is 0 Å². The number of hydrogen-bond acceptors (Lipinski definition) is 9. The second kappa shape index (κ2) is 10.7. The molecule has 0 amide bonds. The van der Waals surface area contributed by atoms with Gasteiger partial charge < -0.3 is 44.9 Å². The standard InChI is InChI=1S/C36H58O9/c1-31(2)16-20-19-8-9-22-33(4)12-11-24(44-30-27(41)25(39)26(40)28(45-30)29(42)43)34(5,18-37)21(33)10-13-36(22,7)35(19,6)15-14-32(20,3)23(38)17-31/h8,20-28,30,37-41H,9-18H2,1-7H3,(H,42,43)/p-1/t20-,21+,22+,23+,24-,25-,26-,27+,28-,30+,32+,33-,34+,35+,36?/m0/s1. The molecular formula is C36H57O9-. The smallest absolute Gasteiger partial charge is 0.187 e. The van der Waals surface area contributed by atoms with Crippen molar-refractivity contribution in [3.05, 3.63) is 11.6 Å². The molecule has 9 nitrogen and oxygen atoms in total. The number of aliphatic carboxylic acids is 1. The van der Waals surface area contributed by atoms with E-state index in [1.54, 1.807) is 5.57 Å². The van der Waals surface area contributed by atoms with Crippen LogP contribution >= 0.6 is 0 Å². The number of rotatable bonds is 4. The first-order valence-electron chi connectivity index (χ1n) is 17.3. The average molecular weight is 634 g/mol. The second-order valence-electron chi connectivity index (χ2n) is 18.0. The van der Waals surface area contributed by atoms with Gasteiger partial charge in [-0.2, -0.15) is 0 Å². The molecule has 1 unspecified atom stereocenters. The molecule has 6 aliphatic rings. The minimum absolute atomic E-state index is 0.0150. The van der Waals surface area contributed by atoms with E-state index in [1.807, 2.05) is 6.92 Å². The predicted molar refractivity (Wildman–Crippen MR) is 164 cm³/mol. The topological polar surface area (TPSA) is 160 Å². The van der Waals surface area contributed by atoms with Crippen molar-refractivity contribution in [2.24, 2.45) is 50.2 Å². The van der Waals surface area contributed by atoms with E-state index >= 15 is 0 Å². The second-order valence-corrected chi connectivity index (χ2v) is 18.0. The molecule has 5 fully saturated rings. The van der Waals surface area contributed by atoms with Gasteiger partial charge in [-0.15, -0.1) is 0 Å². The van der Waals surface area contributed by atoms with Crippen molar-refractivity contribution in [2.45, 2.75) is 149 Å². The zero-order valence-electron chi connectivity index (χ0n) is 28.3. The van der Waals surface area contributed by atoms with Crippen LogP contribution in [0.4, 0.5) is 0 Å². The lowest BCUT2D eigenvalue weighted by Crippen LogP contribution is -2.67. The molecule has 5 aliphatic carbocycles. The van der Waals surface area contributed by atoms with Crippen LogP contribution in [0.25, 0.3) is 0 Å². The quantitative estimate of drug-likeness (QED) is 0.232. The zero-order chi connectivity index (χ0) is 33.1. The first kappa shape index (κ1) is 33.8. The first-order valence-corrected chi connectivity index (χ1v) is 17.3. The van der Waals surface area contributed by atoms with Crippen LogP contribution in [0.3, 0.4) is 0 Å². The largest absolute Gasteiger partial charge is 0.547 e. The van der Waals surface area contributed by atoms with Crippen LogP contribution in [0.5, 0.6) is 0 Å². The van der Waals surface area contributed by atoms with E-state index < -0.39 is 48.2 Å². The van der Waals surface area contributed by atoms with Gasteiger partial charge in [0.1, 0.15) is 24.4 Å². The molecule has 45 heavy (non-hydrogen) atoms. The lowest BCUT2D eigenvalue weighted by molar-refractivity contribution is -0.360. The lowest BCUT2D eigenvalue weighted by atomic mass is 9.33. The number of carboxylic acids is 1. The summed E-state index contributed by atoms with van der Waals surface area (Å²) in [4.78, 5) is 11.6. The van der Waals surface area contributed by atoms with E-state index in [-0.39, 0.29) is 45.7 Å². The Hall–Kier alpha value is -1.07. The summed E-state index contributed by atoms with van der Waals surface area (Å²) in [5.41, 5.74) is 0.820. The molecule has 5 N–H and O–H groups in total. The Balaban J connectivity index is 1.30. The highest BCUT2D eigenvalue weighted by Gasteiger charge is 2.69. The fourth-order valence-corrected chi connectivity index (χ4v) is 12.2. The summed E-state index contributed by atoms with van der Waals surface area (Å²) in [7, 11) is 0. The fourth-order valence-electron chi connectivity index (χ4n) is 12.2. The highest BCUT2D eigenvalue weighted by Crippen LogP contribution is 2.75. The molecule has 0 aromatic rings. The number of fused-ring (bicyclic) bond motifs is 7. The molecule has 0 aromatic heterocycles. The Kier molecular flexibility index (Phi) is 8.05. The zero-order valence-corrected chi connectivity index (χ0v) is 28.3. The van der Waals surface area contributed by atoms with E-state index in [9.17, 15) is 35.4 Å². The minimum Gasteiger partial charge on any atom is -0.547 e. The number of hydrogen-bond donors (Lipinski definition) is 5. The van der Waals surface area contributed by atoms with Crippen molar-refractivity contribution >= 4 is 5.97 Å². The van der Waals surface area contributed by atoms with Gasteiger partial charge in [-0.1, -0.05) is 60.1 Å². The predicted octanol–water partition coefficient (Wildman–Crippen LogP) is 2.69. The summed E-state index contributed by atoms with van der Waals surface area (Å²) in [6.07, 6.45) is 1.43. The summed E-state index contributed by atoms with van der Waals surface area (Å²) < 4.78 is 11.7. The molecule has 1 heterocycles. The van der Waals surface area contributed by atoms with Gasteiger partial charge in [0.15, 0.2) is 6.29 Å². The molecular weight excluding hydrogens is 576 g/mol. The maximum Gasteiger partial charge on any atom is 0.187 e. The van der Waals surface area contributed by atoms with Crippen molar-refractivity contribution in [1.82, 2.24) is 0 Å². The van der Waals surface area contributed by atoms with Gasteiger partial charge in [0.25, 0.3) is 0 Å². The SMILES string of the molecule is CC1(C)C[C@@H](O)[C@]2(C)CC[C@]3(C)C(=CC[C@H]4C3(C)CC[C@@H]3[C@]4(C)CC[C@H](O[C@@H]4O[C@H](C(=O)[O-])[C@@H](O)[C@H](O)[C@H]4O)[C@]3(C)CO)[C@@H]2C1. The third kappa shape index (κ3) is 4.61. The van der Waals surface area contributed by atoms with Gasteiger partial charge in [-0.05, 0) is 97.2 Å². The van der Waals surface area contributed by atoms with Crippen LogP contribution in [0.15, 0.2) is 11.6 Å². The Labute approximate surface area is 268 Å². The number of carbonyl (C=O) groups is 1. The van der Waals surface area contributed by atoms with Crippen molar-refractivity contribution in [2.75, 3.05) is 6.61 Å². The van der Waals surface area contributed by atoms with Crippen LogP contribution in [-0.4, -0.2) is 81.0 Å². The molecule has 0 bridgehead atoms. The van der Waals surface area contributed by atoms with Gasteiger partial charge in [-0.3, -0.25) is 0 Å². The number of aliphatic hydroxyl groups excluding tert-OH is 5. The van der Waals surface area contributed by atoms with Crippen LogP contribution in [0, 0.1) is 50.2 Å². The average Bonchev–Trinajstić information content (AvgIpc) is 2.96. The third-order valence-electron chi connectivity index (χ3n) is 15.3. The Morgan fingerprint density at radius 1 is 0.889 bits per heavy atom. The number of aliphatic hydroxyl groups is 5. The van der Waals surface area contributed by atoms with Crippen molar-refractivity contribution in [3.63, 3.8) is 0 Å². The number of ether oxygens (including phenoxy) is 2. The van der Waals surface area contributed by atoms with Crippen LogP contribution in [0.2, 0.25) is 0 Å². The Morgan fingerprint density at radius 2 is 1.58 bits per heavy atom.